The molecule has 21 heavy (non-hydrogen) atoms. The number of pyridine rings is 1. The molecule has 1 aliphatic heterocycles. The second-order valence-corrected chi connectivity index (χ2v) is 6.14. The van der Waals surface area contributed by atoms with Crippen molar-refractivity contribution < 1.29 is 0 Å². The number of aromatic nitrogens is 1. The Labute approximate surface area is 131 Å². The smallest absolute Gasteiger partial charge is 0.131 e. The van der Waals surface area contributed by atoms with E-state index in [2.05, 4.69) is 52.5 Å². The van der Waals surface area contributed by atoms with Gasteiger partial charge in [-0.1, -0.05) is 54.9 Å². The molecule has 3 nitrogen and oxygen atoms in total. The highest BCUT2D eigenvalue weighted by Crippen LogP contribution is 2.22. The zero-order valence-corrected chi connectivity index (χ0v) is 12.9. The van der Waals surface area contributed by atoms with Crippen LogP contribution in [0.15, 0.2) is 48.5 Å². The van der Waals surface area contributed by atoms with Gasteiger partial charge in [-0.25, -0.2) is 4.98 Å². The SMILES string of the molecule is CC1CN(Cc2ccccc2)CC1Nc1cccc(Cl)n1. The lowest BCUT2D eigenvalue weighted by Gasteiger charge is -2.18. The molecule has 0 bridgehead atoms. The molecule has 2 unspecified atom stereocenters. The maximum atomic E-state index is 5.94. The molecule has 0 amide bonds. The van der Waals surface area contributed by atoms with Crippen LogP contribution in [0.25, 0.3) is 0 Å². The van der Waals surface area contributed by atoms with Crippen LogP contribution in [-0.2, 0) is 6.54 Å². The van der Waals surface area contributed by atoms with Gasteiger partial charge in [-0.2, -0.15) is 0 Å². The summed E-state index contributed by atoms with van der Waals surface area (Å²) in [4.78, 5) is 6.80. The third kappa shape index (κ3) is 3.74. The molecule has 1 aliphatic rings. The molecule has 4 heteroatoms. The number of nitrogens with one attached hydrogen (secondary N) is 1. The Morgan fingerprint density at radius 3 is 2.71 bits per heavy atom. The van der Waals surface area contributed by atoms with E-state index in [-0.39, 0.29) is 0 Å². The van der Waals surface area contributed by atoms with Crippen molar-refractivity contribution in [1.82, 2.24) is 9.88 Å². The van der Waals surface area contributed by atoms with Crippen LogP contribution in [0.4, 0.5) is 5.82 Å². The highest BCUT2D eigenvalue weighted by Gasteiger charge is 2.29. The van der Waals surface area contributed by atoms with Crippen LogP contribution >= 0.6 is 11.6 Å². The molecule has 1 aromatic carbocycles. The Balaban J connectivity index is 1.61. The number of nitrogens with zero attached hydrogens (tertiary/aromatic N) is 2. The maximum Gasteiger partial charge on any atom is 0.131 e. The molecule has 110 valence electrons. The summed E-state index contributed by atoms with van der Waals surface area (Å²) >= 11 is 5.94. The van der Waals surface area contributed by atoms with Crippen LogP contribution in [0.3, 0.4) is 0 Å². The fourth-order valence-electron chi connectivity index (χ4n) is 2.90. The van der Waals surface area contributed by atoms with Crippen molar-refractivity contribution >= 4 is 17.4 Å². The summed E-state index contributed by atoms with van der Waals surface area (Å²) in [6, 6.07) is 16.7. The van der Waals surface area contributed by atoms with Gasteiger partial charge >= 0.3 is 0 Å². The third-order valence-electron chi connectivity index (χ3n) is 3.99. The summed E-state index contributed by atoms with van der Waals surface area (Å²) in [5.41, 5.74) is 1.37. The first kappa shape index (κ1) is 14.4. The van der Waals surface area contributed by atoms with Gasteiger partial charge in [0.15, 0.2) is 0 Å². The molecule has 1 saturated heterocycles. The normalized spacial score (nSPS) is 22.4. The lowest BCUT2D eigenvalue weighted by atomic mass is 10.1. The number of hydrogen-bond donors (Lipinski definition) is 1. The third-order valence-corrected chi connectivity index (χ3v) is 4.20. The van der Waals surface area contributed by atoms with Crippen molar-refractivity contribution in [2.24, 2.45) is 5.92 Å². The zero-order chi connectivity index (χ0) is 14.7. The van der Waals surface area contributed by atoms with Crippen LogP contribution in [0, 0.1) is 5.92 Å². The van der Waals surface area contributed by atoms with Crippen LogP contribution in [0.1, 0.15) is 12.5 Å². The average Bonchev–Trinajstić information content (AvgIpc) is 2.80. The number of hydrogen-bond acceptors (Lipinski definition) is 3. The van der Waals surface area contributed by atoms with E-state index >= 15 is 0 Å². The Bertz CT molecular complexity index is 588. The van der Waals surface area contributed by atoms with Crippen molar-refractivity contribution in [3.05, 3.63) is 59.2 Å². The van der Waals surface area contributed by atoms with Crippen molar-refractivity contribution in [2.75, 3.05) is 18.4 Å². The van der Waals surface area contributed by atoms with E-state index in [0.29, 0.717) is 17.1 Å². The predicted molar refractivity (Wildman–Crippen MR) is 87.5 cm³/mol. The fourth-order valence-corrected chi connectivity index (χ4v) is 3.07. The first-order valence-corrected chi connectivity index (χ1v) is 7.74. The van der Waals surface area contributed by atoms with Crippen LogP contribution in [-0.4, -0.2) is 29.0 Å². The lowest BCUT2D eigenvalue weighted by molar-refractivity contribution is 0.319. The molecule has 1 N–H and O–H groups in total. The minimum atomic E-state index is 0.416. The first-order chi connectivity index (χ1) is 10.2. The second-order valence-electron chi connectivity index (χ2n) is 5.75. The quantitative estimate of drug-likeness (QED) is 0.874. The van der Waals surface area contributed by atoms with E-state index < -0.39 is 0 Å². The Morgan fingerprint density at radius 2 is 1.95 bits per heavy atom. The van der Waals surface area contributed by atoms with E-state index in [9.17, 15) is 0 Å². The molecule has 1 aromatic heterocycles. The van der Waals surface area contributed by atoms with Crippen LogP contribution in [0.5, 0.6) is 0 Å². The van der Waals surface area contributed by atoms with Gasteiger partial charge in [0.25, 0.3) is 0 Å². The summed E-state index contributed by atoms with van der Waals surface area (Å²) in [5, 5.41) is 4.04. The zero-order valence-electron chi connectivity index (χ0n) is 12.2. The average molecular weight is 302 g/mol. The molecular formula is C17H20ClN3. The van der Waals surface area contributed by atoms with E-state index in [1.54, 1.807) is 6.07 Å². The number of halogens is 1. The minimum absolute atomic E-state index is 0.416. The second kappa shape index (κ2) is 6.46. The van der Waals surface area contributed by atoms with E-state index in [1.807, 2.05) is 12.1 Å². The molecule has 0 spiro atoms. The Hall–Kier alpha value is -1.58. The summed E-state index contributed by atoms with van der Waals surface area (Å²) < 4.78 is 0. The summed E-state index contributed by atoms with van der Waals surface area (Å²) in [6.07, 6.45) is 0. The predicted octanol–water partition coefficient (Wildman–Crippen LogP) is 3.67. The monoisotopic (exact) mass is 301 g/mol. The van der Waals surface area contributed by atoms with Gasteiger partial charge in [-0.3, -0.25) is 4.90 Å². The molecule has 0 aliphatic carbocycles. The van der Waals surface area contributed by atoms with E-state index in [0.717, 1.165) is 25.5 Å². The van der Waals surface area contributed by atoms with Crippen molar-refractivity contribution in [1.29, 1.82) is 0 Å². The summed E-state index contributed by atoms with van der Waals surface area (Å²) in [5.74, 6) is 1.45. The van der Waals surface area contributed by atoms with E-state index in [1.165, 1.54) is 5.56 Å². The standard InChI is InChI=1S/C17H20ClN3/c1-13-10-21(11-14-6-3-2-4-7-14)12-15(13)19-17-9-5-8-16(18)20-17/h2-9,13,15H,10-12H2,1H3,(H,19,20). The molecule has 1 fully saturated rings. The van der Waals surface area contributed by atoms with Gasteiger partial charge in [-0.15, -0.1) is 0 Å². The lowest BCUT2D eigenvalue weighted by Crippen LogP contribution is -2.28. The van der Waals surface area contributed by atoms with Gasteiger partial charge in [0.2, 0.25) is 0 Å². The Morgan fingerprint density at radius 1 is 1.14 bits per heavy atom. The van der Waals surface area contributed by atoms with Crippen molar-refractivity contribution in [3.63, 3.8) is 0 Å². The van der Waals surface area contributed by atoms with Gasteiger partial charge in [0.05, 0.1) is 0 Å². The molecule has 2 heterocycles. The molecule has 2 aromatic rings. The van der Waals surface area contributed by atoms with Crippen molar-refractivity contribution in [3.8, 4) is 0 Å². The molecule has 0 radical (unpaired) electrons. The highest BCUT2D eigenvalue weighted by atomic mass is 35.5. The minimum Gasteiger partial charge on any atom is -0.366 e. The van der Waals surface area contributed by atoms with Crippen LogP contribution < -0.4 is 5.32 Å². The fraction of sp³-hybridized carbons (Fsp3) is 0.353. The topological polar surface area (TPSA) is 28.2 Å². The first-order valence-electron chi connectivity index (χ1n) is 7.36. The van der Waals surface area contributed by atoms with Crippen LogP contribution in [0.2, 0.25) is 5.15 Å². The van der Waals surface area contributed by atoms with Gasteiger partial charge < -0.3 is 5.32 Å². The molecule has 0 saturated carbocycles. The Kier molecular flexibility index (Phi) is 4.42. The highest BCUT2D eigenvalue weighted by molar-refractivity contribution is 6.29. The van der Waals surface area contributed by atoms with E-state index in [4.69, 9.17) is 11.6 Å². The molecular weight excluding hydrogens is 282 g/mol. The number of likely N-dealkylation sites (tertiary alicyclic amines) is 1. The molecule has 2 atom stereocenters. The molecule has 3 rings (SSSR count). The number of benzene rings is 1. The van der Waals surface area contributed by atoms with Crippen molar-refractivity contribution in [2.45, 2.75) is 19.5 Å². The van der Waals surface area contributed by atoms with Gasteiger partial charge in [-0.05, 0) is 23.6 Å². The summed E-state index contributed by atoms with van der Waals surface area (Å²) in [7, 11) is 0. The summed E-state index contributed by atoms with van der Waals surface area (Å²) in [6.45, 7) is 5.43. The van der Waals surface area contributed by atoms with Gasteiger partial charge in [0, 0.05) is 25.7 Å². The number of rotatable bonds is 4. The largest absolute Gasteiger partial charge is 0.366 e. The van der Waals surface area contributed by atoms with Gasteiger partial charge in [0.1, 0.15) is 11.0 Å². The number of anilines is 1. The maximum absolute atomic E-state index is 5.94.